The topological polar surface area (TPSA) is 35.2 Å². The average Bonchev–Trinajstić information content (AvgIpc) is 2.63. The van der Waals surface area contributed by atoms with Crippen molar-refractivity contribution in [2.75, 3.05) is 12.8 Å². The summed E-state index contributed by atoms with van der Waals surface area (Å²) in [6.45, 7) is 1.98. The number of aryl methyl sites for hydroxylation is 1. The SMILES string of the molecule is COc1c(C)cc(Cl)cc1-c1csc(N)c1. The van der Waals surface area contributed by atoms with Crippen LogP contribution in [-0.2, 0) is 0 Å². The van der Waals surface area contributed by atoms with E-state index in [1.807, 2.05) is 30.5 Å². The lowest BCUT2D eigenvalue weighted by molar-refractivity contribution is 0.413. The highest BCUT2D eigenvalue weighted by Gasteiger charge is 2.11. The molecule has 2 nitrogen and oxygen atoms in total. The van der Waals surface area contributed by atoms with E-state index < -0.39 is 0 Å². The molecule has 0 saturated heterocycles. The second-order valence-corrected chi connectivity index (χ2v) is 4.92. The first-order valence-corrected chi connectivity index (χ1v) is 6.06. The molecule has 84 valence electrons. The van der Waals surface area contributed by atoms with E-state index in [-0.39, 0.29) is 0 Å². The number of methoxy groups -OCH3 is 1. The number of rotatable bonds is 2. The number of ether oxygens (including phenoxy) is 1. The molecule has 1 aromatic carbocycles. The molecule has 0 fully saturated rings. The Morgan fingerprint density at radius 1 is 1.31 bits per heavy atom. The average molecular weight is 254 g/mol. The molecule has 0 unspecified atom stereocenters. The molecule has 2 rings (SSSR count). The number of anilines is 1. The Morgan fingerprint density at radius 3 is 2.62 bits per heavy atom. The van der Waals surface area contributed by atoms with Crippen LogP contribution in [-0.4, -0.2) is 7.11 Å². The van der Waals surface area contributed by atoms with Crippen LogP contribution in [0.15, 0.2) is 23.6 Å². The number of benzene rings is 1. The number of hydrogen-bond acceptors (Lipinski definition) is 3. The van der Waals surface area contributed by atoms with Gasteiger partial charge in [-0.3, -0.25) is 0 Å². The van der Waals surface area contributed by atoms with Crippen molar-refractivity contribution in [3.63, 3.8) is 0 Å². The van der Waals surface area contributed by atoms with Crippen LogP contribution in [0, 0.1) is 6.92 Å². The second kappa shape index (κ2) is 4.36. The lowest BCUT2D eigenvalue weighted by Crippen LogP contribution is -1.91. The molecule has 0 amide bonds. The summed E-state index contributed by atoms with van der Waals surface area (Å²) in [6.07, 6.45) is 0. The van der Waals surface area contributed by atoms with Gasteiger partial charge in [0.15, 0.2) is 0 Å². The van der Waals surface area contributed by atoms with Crippen molar-refractivity contribution in [2.24, 2.45) is 0 Å². The van der Waals surface area contributed by atoms with E-state index in [1.165, 1.54) is 11.3 Å². The zero-order valence-corrected chi connectivity index (χ0v) is 10.7. The highest BCUT2D eigenvalue weighted by molar-refractivity contribution is 7.14. The van der Waals surface area contributed by atoms with E-state index in [9.17, 15) is 0 Å². The number of hydrogen-bond donors (Lipinski definition) is 1. The standard InChI is InChI=1S/C12H12ClNOS/c1-7-3-9(13)5-10(12(7)15-2)8-4-11(14)16-6-8/h3-6H,14H2,1-2H3. The number of thiophene rings is 1. The molecule has 16 heavy (non-hydrogen) atoms. The maximum atomic E-state index is 6.05. The fraction of sp³-hybridized carbons (Fsp3) is 0.167. The fourth-order valence-corrected chi connectivity index (χ4v) is 2.64. The number of halogens is 1. The largest absolute Gasteiger partial charge is 0.496 e. The van der Waals surface area contributed by atoms with Gasteiger partial charge in [0.1, 0.15) is 5.75 Å². The minimum atomic E-state index is 0.707. The van der Waals surface area contributed by atoms with Crippen molar-refractivity contribution in [1.29, 1.82) is 0 Å². The summed E-state index contributed by atoms with van der Waals surface area (Å²) >= 11 is 7.56. The third-order valence-corrected chi connectivity index (χ3v) is 3.35. The summed E-state index contributed by atoms with van der Waals surface area (Å²) < 4.78 is 5.40. The van der Waals surface area contributed by atoms with Gasteiger partial charge in [0, 0.05) is 16.0 Å². The molecular weight excluding hydrogens is 242 g/mol. The van der Waals surface area contributed by atoms with Crippen LogP contribution in [0.25, 0.3) is 11.1 Å². The van der Waals surface area contributed by atoms with Crippen LogP contribution in [0.1, 0.15) is 5.56 Å². The van der Waals surface area contributed by atoms with Crippen molar-refractivity contribution in [1.82, 2.24) is 0 Å². The van der Waals surface area contributed by atoms with E-state index in [0.717, 1.165) is 27.4 Å². The maximum Gasteiger partial charge on any atom is 0.129 e. The van der Waals surface area contributed by atoms with Gasteiger partial charge >= 0.3 is 0 Å². The summed E-state index contributed by atoms with van der Waals surface area (Å²) in [5.74, 6) is 0.849. The van der Waals surface area contributed by atoms with Crippen molar-refractivity contribution >= 4 is 27.9 Å². The van der Waals surface area contributed by atoms with E-state index in [0.29, 0.717) is 5.02 Å². The first kappa shape index (κ1) is 11.3. The third kappa shape index (κ3) is 2.01. The molecule has 0 atom stereocenters. The van der Waals surface area contributed by atoms with Crippen molar-refractivity contribution in [3.05, 3.63) is 34.2 Å². The Kier molecular flexibility index (Phi) is 3.08. The van der Waals surface area contributed by atoms with Crippen molar-refractivity contribution < 1.29 is 4.74 Å². The Bertz CT molecular complexity index is 522. The fourth-order valence-electron chi connectivity index (χ4n) is 1.71. The predicted molar refractivity (Wildman–Crippen MR) is 70.5 cm³/mol. The Morgan fingerprint density at radius 2 is 2.06 bits per heavy atom. The summed E-state index contributed by atoms with van der Waals surface area (Å²) in [5.41, 5.74) is 8.78. The van der Waals surface area contributed by atoms with Gasteiger partial charge in [-0.15, -0.1) is 11.3 Å². The minimum Gasteiger partial charge on any atom is -0.496 e. The molecule has 0 saturated carbocycles. The molecule has 0 aliphatic carbocycles. The molecule has 0 bridgehead atoms. The molecule has 2 aromatic rings. The van der Waals surface area contributed by atoms with Gasteiger partial charge in [0.2, 0.25) is 0 Å². The smallest absolute Gasteiger partial charge is 0.129 e. The van der Waals surface area contributed by atoms with Crippen LogP contribution in [0.3, 0.4) is 0 Å². The second-order valence-electron chi connectivity index (χ2n) is 3.54. The number of nitrogen functional groups attached to an aromatic ring is 1. The summed E-state index contributed by atoms with van der Waals surface area (Å²) in [4.78, 5) is 0. The summed E-state index contributed by atoms with van der Waals surface area (Å²) in [7, 11) is 1.66. The quantitative estimate of drug-likeness (QED) is 0.879. The predicted octanol–water partition coefficient (Wildman–Crippen LogP) is 3.97. The van der Waals surface area contributed by atoms with Crippen LogP contribution in [0.4, 0.5) is 5.00 Å². The summed E-state index contributed by atoms with van der Waals surface area (Å²) in [5, 5.41) is 3.50. The monoisotopic (exact) mass is 253 g/mol. The first-order chi connectivity index (χ1) is 7.61. The maximum absolute atomic E-state index is 6.05. The zero-order valence-electron chi connectivity index (χ0n) is 9.08. The molecule has 0 aliphatic rings. The normalized spacial score (nSPS) is 10.4. The number of nitrogens with two attached hydrogens (primary N) is 1. The van der Waals surface area contributed by atoms with Crippen LogP contribution < -0.4 is 10.5 Å². The Balaban J connectivity index is 2.63. The van der Waals surface area contributed by atoms with Gasteiger partial charge in [0.05, 0.1) is 12.1 Å². The van der Waals surface area contributed by atoms with Gasteiger partial charge in [-0.05, 0) is 36.2 Å². The minimum absolute atomic E-state index is 0.707. The Hall–Kier alpha value is -1.19. The molecule has 0 spiro atoms. The summed E-state index contributed by atoms with van der Waals surface area (Å²) in [6, 6.07) is 5.72. The third-order valence-electron chi connectivity index (χ3n) is 2.37. The van der Waals surface area contributed by atoms with E-state index in [2.05, 4.69) is 0 Å². The zero-order chi connectivity index (χ0) is 11.7. The lowest BCUT2D eigenvalue weighted by Gasteiger charge is -2.10. The van der Waals surface area contributed by atoms with Crippen LogP contribution >= 0.6 is 22.9 Å². The van der Waals surface area contributed by atoms with Gasteiger partial charge in [-0.2, -0.15) is 0 Å². The van der Waals surface area contributed by atoms with E-state index in [4.69, 9.17) is 22.1 Å². The van der Waals surface area contributed by atoms with Gasteiger partial charge in [-0.25, -0.2) is 0 Å². The molecule has 1 heterocycles. The molecule has 4 heteroatoms. The van der Waals surface area contributed by atoms with Gasteiger partial charge in [-0.1, -0.05) is 11.6 Å². The van der Waals surface area contributed by atoms with Crippen LogP contribution in [0.5, 0.6) is 5.75 Å². The van der Waals surface area contributed by atoms with E-state index in [1.54, 1.807) is 7.11 Å². The van der Waals surface area contributed by atoms with Crippen LogP contribution in [0.2, 0.25) is 5.02 Å². The van der Waals surface area contributed by atoms with Crippen molar-refractivity contribution in [2.45, 2.75) is 6.92 Å². The molecule has 0 radical (unpaired) electrons. The highest BCUT2D eigenvalue weighted by Crippen LogP contribution is 2.38. The molecule has 1 aromatic heterocycles. The molecule has 0 aliphatic heterocycles. The Labute approximate surface area is 104 Å². The van der Waals surface area contributed by atoms with Crippen molar-refractivity contribution in [3.8, 4) is 16.9 Å². The highest BCUT2D eigenvalue weighted by atomic mass is 35.5. The first-order valence-electron chi connectivity index (χ1n) is 4.80. The lowest BCUT2D eigenvalue weighted by atomic mass is 10.0. The van der Waals surface area contributed by atoms with E-state index >= 15 is 0 Å². The molecular formula is C12H12ClNOS. The molecule has 2 N–H and O–H groups in total. The van der Waals surface area contributed by atoms with Gasteiger partial charge in [0.25, 0.3) is 0 Å². The van der Waals surface area contributed by atoms with Gasteiger partial charge < -0.3 is 10.5 Å².